The average Bonchev–Trinajstić information content (AvgIpc) is 2.95. The molecular weight excluding hydrogens is 358 g/mol. The van der Waals surface area contributed by atoms with Crippen molar-refractivity contribution in [3.05, 3.63) is 64.3 Å². The van der Waals surface area contributed by atoms with Gasteiger partial charge in [0.1, 0.15) is 0 Å². The van der Waals surface area contributed by atoms with Crippen molar-refractivity contribution in [3.63, 3.8) is 0 Å². The predicted molar refractivity (Wildman–Crippen MR) is 96.4 cm³/mol. The summed E-state index contributed by atoms with van der Waals surface area (Å²) in [7, 11) is 1.47. The molecule has 132 valence electrons. The lowest BCUT2D eigenvalue weighted by Crippen LogP contribution is -2.05. The van der Waals surface area contributed by atoms with E-state index in [-0.39, 0.29) is 17.3 Å². The van der Waals surface area contributed by atoms with Crippen LogP contribution in [0.3, 0.4) is 0 Å². The molecule has 3 rings (SSSR count). The molecule has 7 heteroatoms. The monoisotopic (exact) mass is 371 g/mol. The summed E-state index contributed by atoms with van der Waals surface area (Å²) in [5, 5.41) is 0.432. The number of benzene rings is 2. The first-order chi connectivity index (χ1) is 12.5. The quantitative estimate of drug-likeness (QED) is 0.466. The number of nitrogens with zero attached hydrogens (tertiary/aromatic N) is 1. The maximum Gasteiger partial charge on any atom is 0.363 e. The van der Waals surface area contributed by atoms with Gasteiger partial charge in [0.2, 0.25) is 5.90 Å². The third-order valence-electron chi connectivity index (χ3n) is 3.47. The molecule has 6 nitrogen and oxygen atoms in total. The van der Waals surface area contributed by atoms with E-state index in [0.717, 1.165) is 0 Å². The molecule has 0 atom stereocenters. The minimum absolute atomic E-state index is 0.110. The fourth-order valence-electron chi connectivity index (χ4n) is 2.33. The standard InChI is InChI=1S/C19H14ClNO5/c1-11(22)25-17-10-12(7-8-16(17)24-2)9-15-19(23)26-18(21-15)13-5-3-4-6-14(13)20/h3-10H,1-2H3/b15-9+. The molecule has 0 saturated carbocycles. The van der Waals surface area contributed by atoms with Crippen molar-refractivity contribution in [2.24, 2.45) is 4.99 Å². The lowest BCUT2D eigenvalue weighted by molar-refractivity contribution is -0.132. The van der Waals surface area contributed by atoms with Gasteiger partial charge in [0, 0.05) is 6.92 Å². The van der Waals surface area contributed by atoms with Gasteiger partial charge in [-0.2, -0.15) is 0 Å². The van der Waals surface area contributed by atoms with E-state index in [1.54, 1.807) is 42.5 Å². The summed E-state index contributed by atoms with van der Waals surface area (Å²) in [5.41, 5.74) is 1.23. The van der Waals surface area contributed by atoms with Crippen molar-refractivity contribution < 1.29 is 23.8 Å². The highest BCUT2D eigenvalue weighted by atomic mass is 35.5. The third kappa shape index (κ3) is 3.75. The number of rotatable bonds is 4. The molecule has 0 saturated heterocycles. The van der Waals surface area contributed by atoms with Gasteiger partial charge in [-0.05, 0) is 35.9 Å². The fourth-order valence-corrected chi connectivity index (χ4v) is 2.55. The Hall–Kier alpha value is -3.12. The molecule has 0 spiro atoms. The minimum Gasteiger partial charge on any atom is -0.493 e. The number of carbonyl (C=O) groups excluding carboxylic acids is 2. The Bertz CT molecular complexity index is 949. The van der Waals surface area contributed by atoms with Crippen LogP contribution in [0.15, 0.2) is 53.2 Å². The second kappa shape index (κ2) is 7.41. The van der Waals surface area contributed by atoms with Gasteiger partial charge in [-0.1, -0.05) is 29.8 Å². The van der Waals surface area contributed by atoms with Crippen molar-refractivity contribution in [1.29, 1.82) is 0 Å². The first kappa shape index (κ1) is 17.7. The summed E-state index contributed by atoms with van der Waals surface area (Å²) >= 11 is 6.11. The van der Waals surface area contributed by atoms with Gasteiger partial charge < -0.3 is 14.2 Å². The lowest BCUT2D eigenvalue weighted by atomic mass is 10.1. The smallest absolute Gasteiger partial charge is 0.363 e. The van der Waals surface area contributed by atoms with E-state index in [1.165, 1.54) is 20.1 Å². The highest BCUT2D eigenvalue weighted by Crippen LogP contribution is 2.30. The van der Waals surface area contributed by atoms with E-state index >= 15 is 0 Å². The zero-order valence-electron chi connectivity index (χ0n) is 14.0. The van der Waals surface area contributed by atoms with Gasteiger partial charge in [-0.15, -0.1) is 0 Å². The molecule has 0 aromatic heterocycles. The third-order valence-corrected chi connectivity index (χ3v) is 3.80. The van der Waals surface area contributed by atoms with Crippen LogP contribution in [0.5, 0.6) is 11.5 Å². The number of halogens is 1. The Morgan fingerprint density at radius 2 is 1.96 bits per heavy atom. The second-order valence-corrected chi connectivity index (χ2v) is 5.73. The van der Waals surface area contributed by atoms with Crippen molar-refractivity contribution in [2.75, 3.05) is 7.11 Å². The van der Waals surface area contributed by atoms with E-state index in [9.17, 15) is 9.59 Å². The summed E-state index contributed by atoms with van der Waals surface area (Å²) < 4.78 is 15.5. The van der Waals surface area contributed by atoms with Crippen LogP contribution in [0.1, 0.15) is 18.1 Å². The molecule has 1 aliphatic rings. The first-order valence-corrected chi connectivity index (χ1v) is 7.99. The van der Waals surface area contributed by atoms with Gasteiger partial charge in [0.05, 0.1) is 17.7 Å². The van der Waals surface area contributed by atoms with E-state index in [1.807, 2.05) is 0 Å². The van der Waals surface area contributed by atoms with Crippen LogP contribution in [0.25, 0.3) is 6.08 Å². The average molecular weight is 372 g/mol. The Kier molecular flexibility index (Phi) is 5.04. The molecule has 0 fully saturated rings. The Morgan fingerprint density at radius 3 is 2.65 bits per heavy atom. The van der Waals surface area contributed by atoms with Gasteiger partial charge in [0.25, 0.3) is 0 Å². The molecule has 0 bridgehead atoms. The maximum atomic E-state index is 12.1. The topological polar surface area (TPSA) is 74.2 Å². The summed E-state index contributed by atoms with van der Waals surface area (Å²) in [6.07, 6.45) is 1.53. The largest absolute Gasteiger partial charge is 0.493 e. The van der Waals surface area contributed by atoms with Crippen molar-refractivity contribution in [3.8, 4) is 11.5 Å². The van der Waals surface area contributed by atoms with Crippen molar-refractivity contribution >= 4 is 35.5 Å². The second-order valence-electron chi connectivity index (χ2n) is 5.32. The van der Waals surface area contributed by atoms with Crippen LogP contribution in [-0.4, -0.2) is 24.9 Å². The maximum absolute atomic E-state index is 12.1. The molecule has 0 unspecified atom stereocenters. The number of hydrogen-bond acceptors (Lipinski definition) is 6. The van der Waals surface area contributed by atoms with Gasteiger partial charge in [-0.25, -0.2) is 9.79 Å². The first-order valence-electron chi connectivity index (χ1n) is 7.62. The summed E-state index contributed by atoms with van der Waals surface area (Å²) in [4.78, 5) is 27.5. The van der Waals surface area contributed by atoms with Crippen LogP contribution < -0.4 is 9.47 Å². The van der Waals surface area contributed by atoms with Gasteiger partial charge >= 0.3 is 11.9 Å². The predicted octanol–water partition coefficient (Wildman–Crippen LogP) is 3.62. The van der Waals surface area contributed by atoms with Crippen LogP contribution in [-0.2, 0) is 14.3 Å². The molecule has 0 N–H and O–H groups in total. The van der Waals surface area contributed by atoms with Crippen LogP contribution in [0.2, 0.25) is 5.02 Å². The van der Waals surface area contributed by atoms with Crippen molar-refractivity contribution in [2.45, 2.75) is 6.92 Å². The Balaban J connectivity index is 1.96. The number of cyclic esters (lactones) is 1. The molecule has 0 aliphatic carbocycles. The number of hydrogen-bond donors (Lipinski definition) is 0. The summed E-state index contributed by atoms with van der Waals surface area (Å²) in [5.74, 6) is -0.287. The minimum atomic E-state index is -0.593. The molecular formula is C19H14ClNO5. The normalized spacial score (nSPS) is 14.8. The highest BCUT2D eigenvalue weighted by molar-refractivity contribution is 6.34. The van der Waals surface area contributed by atoms with E-state index in [4.69, 9.17) is 25.8 Å². The van der Waals surface area contributed by atoms with Crippen molar-refractivity contribution in [1.82, 2.24) is 0 Å². The summed E-state index contributed by atoms with van der Waals surface area (Å²) in [6, 6.07) is 11.8. The van der Waals surface area contributed by atoms with E-state index < -0.39 is 11.9 Å². The molecule has 2 aromatic rings. The molecule has 1 heterocycles. The molecule has 1 aliphatic heterocycles. The van der Waals surface area contributed by atoms with Crippen LogP contribution in [0.4, 0.5) is 0 Å². The number of esters is 2. The molecule has 26 heavy (non-hydrogen) atoms. The zero-order chi connectivity index (χ0) is 18.7. The SMILES string of the molecule is COc1ccc(/C=C2/N=C(c3ccccc3Cl)OC2=O)cc1OC(C)=O. The lowest BCUT2D eigenvalue weighted by Gasteiger charge is -2.08. The number of ether oxygens (including phenoxy) is 3. The van der Waals surface area contributed by atoms with Crippen LogP contribution >= 0.6 is 11.6 Å². The number of aliphatic imine (C=N–C) groups is 1. The van der Waals surface area contributed by atoms with Gasteiger partial charge in [0.15, 0.2) is 17.2 Å². The van der Waals surface area contributed by atoms with E-state index in [0.29, 0.717) is 21.9 Å². The fraction of sp³-hybridized carbons (Fsp3) is 0.105. The highest BCUT2D eigenvalue weighted by Gasteiger charge is 2.25. The molecule has 0 amide bonds. The Morgan fingerprint density at radius 1 is 1.19 bits per heavy atom. The molecule has 0 radical (unpaired) electrons. The number of methoxy groups -OCH3 is 1. The zero-order valence-corrected chi connectivity index (χ0v) is 14.7. The van der Waals surface area contributed by atoms with E-state index in [2.05, 4.69) is 4.99 Å². The van der Waals surface area contributed by atoms with Gasteiger partial charge in [-0.3, -0.25) is 4.79 Å². The summed E-state index contributed by atoms with van der Waals surface area (Å²) in [6.45, 7) is 1.29. The Labute approximate surface area is 154 Å². The molecule has 2 aromatic carbocycles. The number of carbonyl (C=O) groups is 2. The van der Waals surface area contributed by atoms with Crippen LogP contribution in [0, 0.1) is 0 Å².